The normalized spacial score (nSPS) is 27.2. The van der Waals surface area contributed by atoms with Crippen LogP contribution in [0.1, 0.15) is 38.1 Å². The monoisotopic (exact) mass is 457 g/mol. The molecule has 0 aromatic heterocycles. The van der Waals surface area contributed by atoms with Gasteiger partial charge in [0.05, 0.1) is 30.2 Å². The number of hydrogen-bond acceptors (Lipinski definition) is 9. The van der Waals surface area contributed by atoms with Gasteiger partial charge in [0.2, 0.25) is 11.8 Å². The SMILES string of the molecule is CCOc1ccc(C(C)=O)cc1N1C(=O)[C@@H]2[C@@H](C1=O)[C@@]1(C(OC(C)=O)OC(C)=O)C=C[C@H]2O1. The predicted molar refractivity (Wildman–Crippen MR) is 111 cm³/mol. The number of anilines is 1. The molecule has 33 heavy (non-hydrogen) atoms. The molecule has 4 rings (SSSR count). The zero-order valence-corrected chi connectivity index (χ0v) is 18.5. The molecule has 0 N–H and O–H groups in total. The first kappa shape index (κ1) is 22.7. The Kier molecular flexibility index (Phi) is 5.57. The van der Waals surface area contributed by atoms with Crippen molar-refractivity contribution in [3.63, 3.8) is 0 Å². The lowest BCUT2D eigenvalue weighted by molar-refractivity contribution is -0.226. The van der Waals surface area contributed by atoms with Gasteiger partial charge in [-0.15, -0.1) is 0 Å². The zero-order valence-electron chi connectivity index (χ0n) is 18.5. The molecule has 1 aromatic rings. The van der Waals surface area contributed by atoms with Gasteiger partial charge in [-0.2, -0.15) is 0 Å². The molecule has 10 nitrogen and oxygen atoms in total. The van der Waals surface area contributed by atoms with Crippen LogP contribution in [0, 0.1) is 11.8 Å². The minimum atomic E-state index is -1.65. The van der Waals surface area contributed by atoms with E-state index in [1.165, 1.54) is 25.1 Å². The molecule has 0 aliphatic carbocycles. The summed E-state index contributed by atoms with van der Waals surface area (Å²) >= 11 is 0. The number of carbonyl (C=O) groups is 5. The first-order chi connectivity index (χ1) is 15.6. The van der Waals surface area contributed by atoms with E-state index in [0.29, 0.717) is 5.56 Å². The molecule has 0 spiro atoms. The van der Waals surface area contributed by atoms with Gasteiger partial charge in [0.25, 0.3) is 6.29 Å². The van der Waals surface area contributed by atoms with E-state index in [-0.39, 0.29) is 23.8 Å². The van der Waals surface area contributed by atoms with Gasteiger partial charge in [0.1, 0.15) is 5.75 Å². The molecule has 0 radical (unpaired) electrons. The minimum absolute atomic E-state index is 0.139. The van der Waals surface area contributed by atoms with Crippen LogP contribution in [0.5, 0.6) is 5.75 Å². The molecule has 0 saturated carbocycles. The summed E-state index contributed by atoms with van der Waals surface area (Å²) in [5.74, 6) is -4.71. The maximum absolute atomic E-state index is 13.7. The smallest absolute Gasteiger partial charge is 0.305 e. The van der Waals surface area contributed by atoms with E-state index in [9.17, 15) is 24.0 Å². The van der Waals surface area contributed by atoms with Crippen LogP contribution < -0.4 is 9.64 Å². The van der Waals surface area contributed by atoms with E-state index in [0.717, 1.165) is 18.7 Å². The second-order valence-electron chi connectivity index (χ2n) is 8.03. The molecule has 3 aliphatic heterocycles. The molecular formula is C23H23NO9. The number of imide groups is 1. The molecule has 1 aromatic carbocycles. The number of fused-ring (bicyclic) bond motifs is 5. The van der Waals surface area contributed by atoms with Crippen molar-refractivity contribution >= 4 is 35.2 Å². The van der Waals surface area contributed by atoms with Crippen LogP contribution in [0.4, 0.5) is 5.69 Å². The van der Waals surface area contributed by atoms with Gasteiger partial charge >= 0.3 is 11.9 Å². The lowest BCUT2D eigenvalue weighted by Gasteiger charge is -2.34. The van der Waals surface area contributed by atoms with Crippen molar-refractivity contribution in [2.24, 2.45) is 11.8 Å². The van der Waals surface area contributed by atoms with E-state index in [2.05, 4.69) is 0 Å². The number of esters is 2. The van der Waals surface area contributed by atoms with Gasteiger partial charge < -0.3 is 18.9 Å². The fraction of sp³-hybridized carbons (Fsp3) is 0.435. The lowest BCUT2D eigenvalue weighted by atomic mass is 9.76. The van der Waals surface area contributed by atoms with Crippen LogP contribution >= 0.6 is 0 Å². The first-order valence-corrected chi connectivity index (χ1v) is 10.5. The van der Waals surface area contributed by atoms with Crippen LogP contribution in [-0.2, 0) is 33.4 Å². The number of carbonyl (C=O) groups excluding carboxylic acids is 5. The van der Waals surface area contributed by atoms with E-state index in [4.69, 9.17) is 18.9 Å². The third kappa shape index (κ3) is 3.50. The maximum atomic E-state index is 13.7. The van der Waals surface area contributed by atoms with Crippen molar-refractivity contribution in [3.05, 3.63) is 35.9 Å². The molecule has 2 amide bonds. The Morgan fingerprint density at radius 1 is 1.09 bits per heavy atom. The Hall–Kier alpha value is -3.53. The summed E-state index contributed by atoms with van der Waals surface area (Å²) in [5, 5.41) is 0. The number of ketones is 1. The average molecular weight is 457 g/mol. The highest BCUT2D eigenvalue weighted by Gasteiger charge is 2.72. The van der Waals surface area contributed by atoms with Crippen LogP contribution in [-0.4, -0.2) is 54.1 Å². The number of Topliss-reactive ketones (excluding diaryl/α,β-unsaturated/α-hetero) is 1. The number of amides is 2. The van der Waals surface area contributed by atoms with Gasteiger partial charge in [-0.25, -0.2) is 4.90 Å². The third-order valence-corrected chi connectivity index (χ3v) is 5.90. The standard InChI is InChI=1S/C23H23NO9/c1-5-30-16-7-6-14(11(2)25)10-15(16)24-20(28)18-17-8-9-23(33-17,19(18)21(24)29)22(31-12(3)26)32-13(4)27/h6-10,17-19,22H,5H2,1-4H3/t17-,18+,19+,23-/m1/s1. The molecule has 2 fully saturated rings. The predicted octanol–water partition coefficient (Wildman–Crippen LogP) is 1.55. The van der Waals surface area contributed by atoms with Crippen molar-refractivity contribution in [2.75, 3.05) is 11.5 Å². The highest BCUT2D eigenvalue weighted by Crippen LogP contribution is 2.55. The first-order valence-electron chi connectivity index (χ1n) is 10.5. The summed E-state index contributed by atoms with van der Waals surface area (Å²) < 4.78 is 21.9. The van der Waals surface area contributed by atoms with Crippen LogP contribution in [0.3, 0.4) is 0 Å². The van der Waals surface area contributed by atoms with Crippen molar-refractivity contribution in [3.8, 4) is 5.75 Å². The number of rotatable bonds is 7. The Morgan fingerprint density at radius 2 is 1.76 bits per heavy atom. The molecule has 0 unspecified atom stereocenters. The molecule has 2 bridgehead atoms. The van der Waals surface area contributed by atoms with Crippen molar-refractivity contribution in [1.82, 2.24) is 0 Å². The quantitative estimate of drug-likeness (QED) is 0.197. The fourth-order valence-corrected chi connectivity index (χ4v) is 4.64. The fourth-order valence-electron chi connectivity index (χ4n) is 4.64. The van der Waals surface area contributed by atoms with Crippen LogP contribution in [0.2, 0.25) is 0 Å². The summed E-state index contributed by atoms with van der Waals surface area (Å²) in [6.45, 7) is 5.66. The molecule has 4 atom stereocenters. The van der Waals surface area contributed by atoms with Crippen molar-refractivity contribution in [2.45, 2.75) is 45.7 Å². The second-order valence-corrected chi connectivity index (χ2v) is 8.03. The Balaban J connectivity index is 1.79. The van der Waals surface area contributed by atoms with Gasteiger partial charge in [-0.1, -0.05) is 6.08 Å². The van der Waals surface area contributed by atoms with Gasteiger partial charge in [-0.05, 0) is 38.1 Å². The summed E-state index contributed by atoms with van der Waals surface area (Å²) in [5.41, 5.74) is -1.21. The molecule has 3 heterocycles. The topological polar surface area (TPSA) is 126 Å². The Labute approximate surface area is 189 Å². The van der Waals surface area contributed by atoms with Gasteiger partial charge in [0, 0.05) is 19.4 Å². The van der Waals surface area contributed by atoms with Crippen molar-refractivity contribution in [1.29, 1.82) is 0 Å². The van der Waals surface area contributed by atoms with E-state index in [1.54, 1.807) is 19.1 Å². The Bertz CT molecular complexity index is 1080. The van der Waals surface area contributed by atoms with Crippen LogP contribution in [0.15, 0.2) is 30.4 Å². The maximum Gasteiger partial charge on any atom is 0.305 e. The highest BCUT2D eigenvalue weighted by molar-refractivity contribution is 6.24. The summed E-state index contributed by atoms with van der Waals surface area (Å²) in [4.78, 5) is 63.5. The third-order valence-electron chi connectivity index (χ3n) is 5.90. The highest BCUT2D eigenvalue weighted by atomic mass is 16.7. The summed E-state index contributed by atoms with van der Waals surface area (Å²) in [6.07, 6.45) is 0.747. The van der Waals surface area contributed by atoms with Gasteiger partial charge in [0.15, 0.2) is 11.4 Å². The average Bonchev–Trinajstić information content (AvgIpc) is 3.38. The molecule has 3 aliphatic rings. The second kappa shape index (κ2) is 8.11. The van der Waals surface area contributed by atoms with Crippen LogP contribution in [0.25, 0.3) is 0 Å². The van der Waals surface area contributed by atoms with E-state index >= 15 is 0 Å². The lowest BCUT2D eigenvalue weighted by Crippen LogP contribution is -2.52. The minimum Gasteiger partial charge on any atom is -0.492 e. The largest absolute Gasteiger partial charge is 0.492 e. The number of benzene rings is 1. The number of hydrogen-bond donors (Lipinski definition) is 0. The summed E-state index contributed by atoms with van der Waals surface area (Å²) in [6, 6.07) is 4.52. The number of nitrogens with zero attached hydrogens (tertiary/aromatic N) is 1. The molecule has 2 saturated heterocycles. The number of ether oxygens (including phenoxy) is 4. The zero-order chi connectivity index (χ0) is 24.1. The molecular weight excluding hydrogens is 434 g/mol. The van der Waals surface area contributed by atoms with Gasteiger partial charge in [-0.3, -0.25) is 24.0 Å². The van der Waals surface area contributed by atoms with E-state index in [1.807, 2.05) is 0 Å². The summed E-state index contributed by atoms with van der Waals surface area (Å²) in [7, 11) is 0. The molecule has 10 heteroatoms. The molecule has 174 valence electrons. The van der Waals surface area contributed by atoms with E-state index < -0.39 is 53.6 Å². The Morgan fingerprint density at radius 3 is 2.33 bits per heavy atom. The van der Waals surface area contributed by atoms with Crippen molar-refractivity contribution < 1.29 is 42.9 Å².